The van der Waals surface area contributed by atoms with Crippen molar-refractivity contribution in [2.24, 2.45) is 0 Å². The molecule has 6 heteroatoms. The summed E-state index contributed by atoms with van der Waals surface area (Å²) < 4.78 is 19.1. The van der Waals surface area contributed by atoms with Gasteiger partial charge in [-0.1, -0.05) is 0 Å². The van der Waals surface area contributed by atoms with Gasteiger partial charge >= 0.3 is 0 Å². The van der Waals surface area contributed by atoms with Crippen molar-refractivity contribution in [1.29, 1.82) is 0 Å². The lowest BCUT2D eigenvalue weighted by atomic mass is 10.0. The second-order valence-electron chi connectivity index (χ2n) is 5.67. The van der Waals surface area contributed by atoms with Gasteiger partial charge in [0.25, 0.3) is 5.91 Å². The number of morpholine rings is 1. The summed E-state index contributed by atoms with van der Waals surface area (Å²) in [4.78, 5) is 18.2. The Morgan fingerprint density at radius 3 is 2.90 bits per heavy atom. The average molecular weight is 281 g/mol. The van der Waals surface area contributed by atoms with Gasteiger partial charge < -0.3 is 15.0 Å². The van der Waals surface area contributed by atoms with Crippen LogP contribution in [0.2, 0.25) is 0 Å². The molecule has 1 atom stereocenters. The standard InChI is InChI=1S/C14H20FN3O2/c1-9-7-18(8-14(2,3)20-9)13(19)11-5-10(15)6-17-12(11)16-4/h5-6,9H,7-8H2,1-4H3,(H,16,17). The number of amides is 1. The molecule has 1 unspecified atom stereocenters. The van der Waals surface area contributed by atoms with E-state index >= 15 is 0 Å². The third kappa shape index (κ3) is 3.07. The van der Waals surface area contributed by atoms with E-state index in [1.807, 2.05) is 20.8 Å². The van der Waals surface area contributed by atoms with Crippen molar-refractivity contribution in [1.82, 2.24) is 9.88 Å². The molecule has 1 saturated heterocycles. The number of pyridine rings is 1. The van der Waals surface area contributed by atoms with Gasteiger partial charge in [-0.2, -0.15) is 0 Å². The van der Waals surface area contributed by atoms with Crippen LogP contribution in [0.5, 0.6) is 0 Å². The molecule has 5 nitrogen and oxygen atoms in total. The lowest BCUT2D eigenvalue weighted by molar-refractivity contribution is -0.118. The largest absolute Gasteiger partial charge is 0.372 e. The number of carbonyl (C=O) groups is 1. The van der Waals surface area contributed by atoms with Crippen LogP contribution in [-0.4, -0.2) is 47.6 Å². The second-order valence-corrected chi connectivity index (χ2v) is 5.67. The van der Waals surface area contributed by atoms with Gasteiger partial charge in [0, 0.05) is 20.1 Å². The molecule has 1 aliphatic rings. The molecule has 1 amide bonds. The number of aromatic nitrogens is 1. The van der Waals surface area contributed by atoms with E-state index in [0.29, 0.717) is 18.9 Å². The van der Waals surface area contributed by atoms with Crippen molar-refractivity contribution >= 4 is 11.7 Å². The van der Waals surface area contributed by atoms with Crippen LogP contribution < -0.4 is 5.32 Å². The molecule has 1 N–H and O–H groups in total. The quantitative estimate of drug-likeness (QED) is 0.899. The molecular weight excluding hydrogens is 261 g/mol. The third-order valence-electron chi connectivity index (χ3n) is 3.18. The Bertz CT molecular complexity index is 519. The van der Waals surface area contributed by atoms with E-state index in [0.717, 1.165) is 6.20 Å². The fraction of sp³-hybridized carbons (Fsp3) is 0.571. The smallest absolute Gasteiger partial charge is 0.257 e. The number of ether oxygens (including phenoxy) is 1. The number of hydrogen-bond acceptors (Lipinski definition) is 4. The second kappa shape index (κ2) is 5.36. The van der Waals surface area contributed by atoms with Gasteiger partial charge in [0.15, 0.2) is 0 Å². The summed E-state index contributed by atoms with van der Waals surface area (Å²) in [5, 5.41) is 2.82. The van der Waals surface area contributed by atoms with Crippen LogP contribution in [0.25, 0.3) is 0 Å². The van der Waals surface area contributed by atoms with Crippen LogP contribution >= 0.6 is 0 Å². The van der Waals surface area contributed by atoms with Crippen molar-refractivity contribution in [3.05, 3.63) is 23.6 Å². The number of rotatable bonds is 2. The highest BCUT2D eigenvalue weighted by atomic mass is 19.1. The van der Waals surface area contributed by atoms with E-state index < -0.39 is 11.4 Å². The lowest BCUT2D eigenvalue weighted by Gasteiger charge is -2.41. The Hall–Kier alpha value is -1.69. The molecule has 1 fully saturated rings. The van der Waals surface area contributed by atoms with E-state index in [2.05, 4.69) is 10.3 Å². The van der Waals surface area contributed by atoms with E-state index in [1.54, 1.807) is 11.9 Å². The Balaban J connectivity index is 2.29. The zero-order chi connectivity index (χ0) is 14.9. The molecule has 20 heavy (non-hydrogen) atoms. The fourth-order valence-electron chi connectivity index (χ4n) is 2.58. The van der Waals surface area contributed by atoms with Gasteiger partial charge in [-0.25, -0.2) is 9.37 Å². The minimum absolute atomic E-state index is 0.0535. The highest BCUT2D eigenvalue weighted by molar-refractivity contribution is 5.98. The van der Waals surface area contributed by atoms with Gasteiger partial charge in [-0.05, 0) is 26.8 Å². The Labute approximate surface area is 118 Å². The van der Waals surface area contributed by atoms with Gasteiger partial charge in [-0.15, -0.1) is 0 Å². The summed E-state index contributed by atoms with van der Waals surface area (Å²) in [7, 11) is 1.66. The third-order valence-corrected chi connectivity index (χ3v) is 3.18. The molecule has 1 aromatic rings. The molecular formula is C14H20FN3O2. The van der Waals surface area contributed by atoms with E-state index in [1.165, 1.54) is 6.07 Å². The molecule has 0 aromatic carbocycles. The highest BCUT2D eigenvalue weighted by Crippen LogP contribution is 2.24. The molecule has 1 aromatic heterocycles. The first-order chi connectivity index (χ1) is 9.32. The maximum Gasteiger partial charge on any atom is 0.257 e. The summed E-state index contributed by atoms with van der Waals surface area (Å²) in [5.41, 5.74) is -0.161. The Morgan fingerprint density at radius 2 is 2.30 bits per heavy atom. The predicted molar refractivity (Wildman–Crippen MR) is 74.3 cm³/mol. The lowest BCUT2D eigenvalue weighted by Crippen LogP contribution is -2.53. The monoisotopic (exact) mass is 281 g/mol. The number of halogens is 1. The zero-order valence-electron chi connectivity index (χ0n) is 12.2. The molecule has 2 rings (SSSR count). The minimum atomic E-state index is -0.520. The fourth-order valence-corrected chi connectivity index (χ4v) is 2.58. The van der Waals surface area contributed by atoms with Crippen LogP contribution in [0, 0.1) is 5.82 Å². The topological polar surface area (TPSA) is 54.5 Å². The summed E-state index contributed by atoms with van der Waals surface area (Å²) in [6, 6.07) is 1.22. The molecule has 0 aliphatic carbocycles. The Kier molecular flexibility index (Phi) is 3.94. The van der Waals surface area contributed by atoms with Crippen molar-refractivity contribution in [2.45, 2.75) is 32.5 Å². The summed E-state index contributed by atoms with van der Waals surface area (Å²) in [6.07, 6.45) is 1.04. The molecule has 2 heterocycles. The van der Waals surface area contributed by atoms with E-state index in [9.17, 15) is 9.18 Å². The molecule has 0 spiro atoms. The first-order valence-corrected chi connectivity index (χ1v) is 6.63. The molecule has 0 saturated carbocycles. The number of nitrogens with zero attached hydrogens (tertiary/aromatic N) is 2. The normalized spacial score (nSPS) is 21.6. The van der Waals surface area contributed by atoms with Gasteiger partial charge in [0.1, 0.15) is 11.6 Å². The average Bonchev–Trinajstić information content (AvgIpc) is 2.35. The number of carbonyl (C=O) groups excluding carboxylic acids is 1. The van der Waals surface area contributed by atoms with E-state index in [-0.39, 0.29) is 17.6 Å². The van der Waals surface area contributed by atoms with E-state index in [4.69, 9.17) is 4.74 Å². The van der Waals surface area contributed by atoms with Crippen molar-refractivity contribution < 1.29 is 13.9 Å². The minimum Gasteiger partial charge on any atom is -0.372 e. The first-order valence-electron chi connectivity index (χ1n) is 6.63. The van der Waals surface area contributed by atoms with Crippen molar-refractivity contribution in [3.63, 3.8) is 0 Å². The van der Waals surface area contributed by atoms with Gasteiger partial charge in [-0.3, -0.25) is 4.79 Å². The van der Waals surface area contributed by atoms with Gasteiger partial charge in [0.05, 0.1) is 23.5 Å². The zero-order valence-corrected chi connectivity index (χ0v) is 12.2. The van der Waals surface area contributed by atoms with Crippen LogP contribution in [-0.2, 0) is 4.74 Å². The van der Waals surface area contributed by atoms with Gasteiger partial charge in [0.2, 0.25) is 0 Å². The SMILES string of the molecule is CNc1ncc(F)cc1C(=O)N1CC(C)OC(C)(C)C1. The molecule has 0 radical (unpaired) electrons. The number of hydrogen-bond donors (Lipinski definition) is 1. The maximum atomic E-state index is 13.4. The van der Waals surface area contributed by atoms with Crippen LogP contribution in [0.4, 0.5) is 10.2 Å². The first kappa shape index (κ1) is 14.7. The summed E-state index contributed by atoms with van der Waals surface area (Å²) in [6.45, 7) is 6.75. The molecule has 110 valence electrons. The van der Waals surface area contributed by atoms with Crippen LogP contribution in [0.15, 0.2) is 12.3 Å². The van der Waals surface area contributed by atoms with Crippen molar-refractivity contribution in [2.75, 3.05) is 25.5 Å². The Morgan fingerprint density at radius 1 is 1.60 bits per heavy atom. The van der Waals surface area contributed by atoms with Crippen LogP contribution in [0.3, 0.4) is 0 Å². The number of anilines is 1. The predicted octanol–water partition coefficient (Wildman–Crippen LogP) is 1.90. The molecule has 0 bridgehead atoms. The number of nitrogens with one attached hydrogen (secondary N) is 1. The highest BCUT2D eigenvalue weighted by Gasteiger charge is 2.34. The maximum absolute atomic E-state index is 13.4. The summed E-state index contributed by atoms with van der Waals surface area (Å²) >= 11 is 0. The molecule has 1 aliphatic heterocycles. The van der Waals surface area contributed by atoms with Crippen molar-refractivity contribution in [3.8, 4) is 0 Å². The van der Waals surface area contributed by atoms with Crippen LogP contribution in [0.1, 0.15) is 31.1 Å². The summed E-state index contributed by atoms with van der Waals surface area (Å²) in [5.74, 6) is -0.370.